The van der Waals surface area contributed by atoms with E-state index in [-0.39, 0.29) is 5.91 Å². The minimum Gasteiger partial charge on any atom is -0.390 e. The van der Waals surface area contributed by atoms with Gasteiger partial charge >= 0.3 is 0 Å². The molecule has 4 aliphatic rings. The highest BCUT2D eigenvalue weighted by Crippen LogP contribution is 2.61. The molecule has 160 valence electrons. The van der Waals surface area contributed by atoms with E-state index in [2.05, 4.69) is 16.4 Å². The van der Waals surface area contributed by atoms with Crippen molar-refractivity contribution in [1.82, 2.24) is 9.97 Å². The number of rotatable bonds is 5. The molecule has 5 nitrogen and oxygen atoms in total. The fraction of sp³-hybridized carbons (Fsp3) is 0.458. The first-order valence-electron chi connectivity index (χ1n) is 10.9. The lowest BCUT2D eigenvalue weighted by atomic mass is 9.47. The van der Waals surface area contributed by atoms with E-state index in [0.717, 1.165) is 51.7 Å². The molecule has 0 saturated heterocycles. The molecule has 1 amide bonds. The number of benzene rings is 1. The van der Waals surface area contributed by atoms with Gasteiger partial charge in [-0.3, -0.25) is 9.78 Å². The molecule has 2 N–H and O–H groups in total. The molecule has 4 saturated carbocycles. The number of nitrogens with zero attached hydrogens (tertiary/aromatic N) is 2. The van der Waals surface area contributed by atoms with Gasteiger partial charge in [0, 0.05) is 23.8 Å². The second kappa shape index (κ2) is 7.29. The number of thioether (sulfide) groups is 1. The van der Waals surface area contributed by atoms with Crippen LogP contribution in [0.2, 0.25) is 0 Å². The molecule has 2 unspecified atom stereocenters. The molecule has 2 aromatic heterocycles. The summed E-state index contributed by atoms with van der Waals surface area (Å²) in [7, 11) is 0. The van der Waals surface area contributed by atoms with Crippen LogP contribution in [0.1, 0.15) is 44.1 Å². The van der Waals surface area contributed by atoms with E-state index in [1.165, 1.54) is 12.0 Å². The molecule has 0 radical (unpaired) electrons. The minimum atomic E-state index is -0.622. The maximum absolute atomic E-state index is 13.4. The van der Waals surface area contributed by atoms with E-state index in [9.17, 15) is 9.90 Å². The van der Waals surface area contributed by atoms with Crippen molar-refractivity contribution in [1.29, 1.82) is 0 Å². The molecule has 31 heavy (non-hydrogen) atoms. The number of carbonyl (C=O) groups excluding carboxylic acids is 1. The summed E-state index contributed by atoms with van der Waals surface area (Å²) in [5.41, 5.74) is 1.95. The third kappa shape index (κ3) is 3.66. The number of hydrogen-bond donors (Lipinski definition) is 2. The van der Waals surface area contributed by atoms with Crippen LogP contribution < -0.4 is 5.32 Å². The van der Waals surface area contributed by atoms with E-state index < -0.39 is 11.0 Å². The van der Waals surface area contributed by atoms with Crippen molar-refractivity contribution in [2.45, 2.75) is 54.2 Å². The number of nitrogens with one attached hydrogen (secondary N) is 1. The van der Waals surface area contributed by atoms with E-state index >= 15 is 0 Å². The number of fused-ring (bicyclic) bond motifs is 1. The van der Waals surface area contributed by atoms with E-state index in [0.29, 0.717) is 18.3 Å². The summed E-state index contributed by atoms with van der Waals surface area (Å²) in [6.07, 6.45) is 9.08. The predicted molar refractivity (Wildman–Crippen MR) is 124 cm³/mol. The Morgan fingerprint density at radius 3 is 2.81 bits per heavy atom. The van der Waals surface area contributed by atoms with Gasteiger partial charge in [-0.05, 0) is 80.2 Å². The highest BCUT2D eigenvalue weighted by molar-refractivity contribution is 8.00. The molecular weight excluding hydrogens is 426 g/mol. The molecule has 0 aliphatic heterocycles. The number of hydrogen-bond acceptors (Lipinski definition) is 6. The smallest absolute Gasteiger partial charge is 0.230 e. The summed E-state index contributed by atoms with van der Waals surface area (Å²) in [4.78, 5) is 22.3. The van der Waals surface area contributed by atoms with Crippen molar-refractivity contribution in [2.24, 2.45) is 17.3 Å². The van der Waals surface area contributed by atoms with E-state index in [1.54, 1.807) is 29.3 Å². The Kier molecular flexibility index (Phi) is 4.63. The second-order valence-corrected chi connectivity index (χ2v) is 12.0. The fourth-order valence-electron chi connectivity index (χ4n) is 6.42. The first-order valence-corrected chi connectivity index (χ1v) is 12.8. The zero-order valence-electron chi connectivity index (χ0n) is 17.2. The third-order valence-electron chi connectivity index (χ3n) is 7.22. The summed E-state index contributed by atoms with van der Waals surface area (Å²) in [6, 6.07) is 10.00. The number of carbonyl (C=O) groups is 1. The highest BCUT2D eigenvalue weighted by Gasteiger charge is 2.60. The number of aliphatic hydroxyl groups is 1. The molecule has 1 aromatic carbocycles. The van der Waals surface area contributed by atoms with Crippen molar-refractivity contribution < 1.29 is 9.90 Å². The van der Waals surface area contributed by atoms with Crippen molar-refractivity contribution in [3.05, 3.63) is 48.3 Å². The largest absolute Gasteiger partial charge is 0.390 e. The Bertz CT molecular complexity index is 1130. The minimum absolute atomic E-state index is 0.0927. The summed E-state index contributed by atoms with van der Waals surface area (Å²) >= 11 is 3.37. The molecule has 2 heterocycles. The summed E-state index contributed by atoms with van der Waals surface area (Å²) in [5.74, 6) is 1.93. The van der Waals surface area contributed by atoms with Crippen LogP contribution in [0.3, 0.4) is 0 Å². The molecule has 3 aromatic rings. The van der Waals surface area contributed by atoms with Gasteiger partial charge in [0.2, 0.25) is 5.91 Å². The van der Waals surface area contributed by atoms with Gasteiger partial charge in [-0.25, -0.2) is 4.98 Å². The normalized spacial score (nSPS) is 31.3. The molecule has 7 heteroatoms. The highest BCUT2D eigenvalue weighted by atomic mass is 32.2. The Labute approximate surface area is 189 Å². The van der Waals surface area contributed by atoms with Crippen molar-refractivity contribution in [2.75, 3.05) is 5.32 Å². The van der Waals surface area contributed by atoms with Gasteiger partial charge < -0.3 is 10.4 Å². The van der Waals surface area contributed by atoms with Gasteiger partial charge in [0.05, 0.1) is 21.2 Å². The molecule has 0 spiro atoms. The topological polar surface area (TPSA) is 75.1 Å². The lowest BCUT2D eigenvalue weighted by molar-refractivity contribution is -0.174. The van der Waals surface area contributed by atoms with Crippen LogP contribution >= 0.6 is 23.1 Å². The quantitative estimate of drug-likeness (QED) is 0.518. The summed E-state index contributed by atoms with van der Waals surface area (Å²) in [5, 5.41) is 14.2. The Balaban J connectivity index is 1.18. The number of aromatic nitrogens is 2. The van der Waals surface area contributed by atoms with Crippen LogP contribution in [0.15, 0.2) is 47.1 Å². The van der Waals surface area contributed by atoms with Gasteiger partial charge in [-0.15, -0.1) is 11.3 Å². The number of thiazole rings is 1. The molecular formula is C24H25N3O2S2. The molecule has 7 rings (SSSR count). The van der Waals surface area contributed by atoms with Gasteiger partial charge in [0.1, 0.15) is 0 Å². The predicted octanol–water partition coefficient (Wildman–Crippen LogP) is 5.25. The zero-order chi connectivity index (χ0) is 21.1. The Morgan fingerprint density at radius 1 is 1.23 bits per heavy atom. The van der Waals surface area contributed by atoms with E-state index in [4.69, 9.17) is 4.98 Å². The van der Waals surface area contributed by atoms with Gasteiger partial charge in [0.15, 0.2) is 4.34 Å². The molecule has 2 atom stereocenters. The van der Waals surface area contributed by atoms with Gasteiger partial charge in [0.25, 0.3) is 0 Å². The number of pyridine rings is 1. The summed E-state index contributed by atoms with van der Waals surface area (Å²) in [6.45, 7) is 0. The SMILES string of the molecule is O=C(Nc1ccc2nc(SCc3cccnc3)sc2c1)C12CC3CC(CC(O)(C3)C1)C2. The Morgan fingerprint density at radius 2 is 2.06 bits per heavy atom. The molecule has 4 fully saturated rings. The monoisotopic (exact) mass is 451 g/mol. The Hall–Kier alpha value is -1.96. The van der Waals surface area contributed by atoms with Crippen LogP contribution in [0.5, 0.6) is 0 Å². The van der Waals surface area contributed by atoms with Gasteiger partial charge in [-0.2, -0.15) is 0 Å². The average Bonchev–Trinajstić information content (AvgIpc) is 3.13. The second-order valence-electron chi connectivity index (χ2n) is 9.73. The zero-order valence-corrected chi connectivity index (χ0v) is 18.8. The lowest BCUT2D eigenvalue weighted by Crippen LogP contribution is -2.59. The maximum atomic E-state index is 13.4. The van der Waals surface area contributed by atoms with Crippen LogP contribution in [0.25, 0.3) is 10.2 Å². The summed E-state index contributed by atoms with van der Waals surface area (Å²) < 4.78 is 2.10. The first-order chi connectivity index (χ1) is 15.0. The molecule has 4 bridgehead atoms. The number of amides is 1. The van der Waals surface area contributed by atoms with Gasteiger partial charge in [-0.1, -0.05) is 17.8 Å². The first kappa shape index (κ1) is 19.7. The molecule has 4 aliphatic carbocycles. The van der Waals surface area contributed by atoms with Crippen LogP contribution in [0.4, 0.5) is 5.69 Å². The third-order valence-corrected chi connectivity index (χ3v) is 9.46. The van der Waals surface area contributed by atoms with Crippen molar-refractivity contribution >= 4 is 44.9 Å². The lowest BCUT2D eigenvalue weighted by Gasteiger charge is -2.59. The van der Waals surface area contributed by atoms with Crippen molar-refractivity contribution in [3.8, 4) is 0 Å². The maximum Gasteiger partial charge on any atom is 0.230 e. The number of anilines is 1. The van der Waals surface area contributed by atoms with Crippen LogP contribution in [0, 0.1) is 17.3 Å². The van der Waals surface area contributed by atoms with Crippen LogP contribution in [-0.4, -0.2) is 26.6 Å². The fourth-order valence-corrected chi connectivity index (χ4v) is 8.46. The van der Waals surface area contributed by atoms with Crippen molar-refractivity contribution in [3.63, 3.8) is 0 Å². The van der Waals surface area contributed by atoms with Crippen LogP contribution in [-0.2, 0) is 10.5 Å². The average molecular weight is 452 g/mol. The standard InChI is InChI=1S/C24H25N3O2S2/c28-21(23-8-16-6-17(9-23)11-24(29,10-16)14-23)26-18-3-4-19-20(7-18)31-22(27-19)30-13-15-2-1-5-25-12-15/h1-5,7,12,16-17,29H,6,8-11,13-14H2,(H,26,28). The van der Waals surface area contributed by atoms with E-state index in [1.807, 2.05) is 30.5 Å².